The van der Waals surface area contributed by atoms with Crippen LogP contribution >= 0.6 is 0 Å². The third-order valence-corrected chi connectivity index (χ3v) is 5.78. The molecule has 4 heteroatoms. The fourth-order valence-corrected chi connectivity index (χ4v) is 4.55. The topological polar surface area (TPSA) is 71.8 Å². The standard InChI is InChI=1S/C20H23N3O/c21-19(24)18-16-11-12-20(13-17(16)22-23-18,14-7-3-1-4-8-14)15-9-5-2-6-10-15/h1,3-4,7-8,11-12,15H,2,5-6,9-10,13H2,(H2,21,24)(H,22,23). The normalized spacial score (nSPS) is 23.8. The number of hydrogen-bond acceptors (Lipinski definition) is 2. The van der Waals surface area contributed by atoms with Crippen LogP contribution < -0.4 is 5.73 Å². The summed E-state index contributed by atoms with van der Waals surface area (Å²) in [6.45, 7) is 0. The third kappa shape index (κ3) is 2.37. The first-order chi connectivity index (χ1) is 11.7. The second-order valence-corrected chi connectivity index (χ2v) is 7.08. The van der Waals surface area contributed by atoms with Crippen LogP contribution in [-0.4, -0.2) is 16.1 Å². The summed E-state index contributed by atoms with van der Waals surface area (Å²) in [6, 6.07) is 10.8. The molecule has 1 atom stereocenters. The predicted octanol–water partition coefficient (Wildman–Crippen LogP) is 3.60. The van der Waals surface area contributed by atoms with Gasteiger partial charge in [0.1, 0.15) is 0 Å². The number of aromatic nitrogens is 2. The lowest BCUT2D eigenvalue weighted by Crippen LogP contribution is -2.38. The second-order valence-electron chi connectivity index (χ2n) is 7.08. The van der Waals surface area contributed by atoms with E-state index in [1.165, 1.54) is 37.7 Å². The van der Waals surface area contributed by atoms with Crippen LogP contribution in [0.25, 0.3) is 6.08 Å². The van der Waals surface area contributed by atoms with Crippen molar-refractivity contribution in [2.24, 2.45) is 11.7 Å². The average Bonchev–Trinajstić information content (AvgIpc) is 3.06. The Morgan fingerprint density at radius 1 is 1.17 bits per heavy atom. The van der Waals surface area contributed by atoms with Gasteiger partial charge < -0.3 is 5.73 Å². The minimum absolute atomic E-state index is 0.0177. The van der Waals surface area contributed by atoms with E-state index in [0.29, 0.717) is 11.6 Å². The number of benzene rings is 1. The molecular weight excluding hydrogens is 298 g/mol. The monoisotopic (exact) mass is 321 g/mol. The zero-order valence-corrected chi connectivity index (χ0v) is 13.8. The number of carbonyl (C=O) groups excluding carboxylic acids is 1. The highest BCUT2D eigenvalue weighted by molar-refractivity contribution is 5.95. The number of nitrogens with two attached hydrogens (primary N) is 1. The highest BCUT2D eigenvalue weighted by Gasteiger charge is 2.41. The van der Waals surface area contributed by atoms with Gasteiger partial charge in [-0.25, -0.2) is 0 Å². The number of amides is 1. The Hall–Kier alpha value is -2.36. The van der Waals surface area contributed by atoms with E-state index in [2.05, 4.69) is 52.7 Å². The number of H-pyrrole nitrogens is 1. The molecule has 24 heavy (non-hydrogen) atoms. The van der Waals surface area contributed by atoms with E-state index in [0.717, 1.165) is 17.7 Å². The molecule has 0 radical (unpaired) electrons. The van der Waals surface area contributed by atoms with Gasteiger partial charge in [0.15, 0.2) is 5.69 Å². The van der Waals surface area contributed by atoms with E-state index >= 15 is 0 Å². The Bertz CT molecular complexity index is 771. The van der Waals surface area contributed by atoms with Gasteiger partial charge in [-0.2, -0.15) is 5.10 Å². The molecule has 4 nitrogen and oxygen atoms in total. The van der Waals surface area contributed by atoms with Gasteiger partial charge in [-0.05, 0) is 24.3 Å². The molecule has 2 aliphatic carbocycles. The molecule has 2 aliphatic rings. The largest absolute Gasteiger partial charge is 0.364 e. The van der Waals surface area contributed by atoms with E-state index in [9.17, 15) is 4.79 Å². The molecule has 1 heterocycles. The fraction of sp³-hybridized carbons (Fsp3) is 0.400. The zero-order chi connectivity index (χ0) is 16.6. The lowest BCUT2D eigenvalue weighted by Gasteiger charge is -2.43. The van der Waals surface area contributed by atoms with Gasteiger partial charge in [0.05, 0.1) is 0 Å². The van der Waals surface area contributed by atoms with Gasteiger partial charge in [0.25, 0.3) is 5.91 Å². The summed E-state index contributed by atoms with van der Waals surface area (Å²) in [5.41, 5.74) is 9.03. The van der Waals surface area contributed by atoms with Crippen LogP contribution in [0.4, 0.5) is 0 Å². The number of rotatable bonds is 3. The molecule has 4 rings (SSSR count). The molecule has 124 valence electrons. The van der Waals surface area contributed by atoms with Gasteiger partial charge >= 0.3 is 0 Å². The van der Waals surface area contributed by atoms with E-state index in [1.54, 1.807) is 0 Å². The summed E-state index contributed by atoms with van der Waals surface area (Å²) in [4.78, 5) is 11.6. The number of fused-ring (bicyclic) bond motifs is 1. The van der Waals surface area contributed by atoms with Crippen molar-refractivity contribution in [3.05, 3.63) is 58.9 Å². The molecule has 1 saturated carbocycles. The van der Waals surface area contributed by atoms with Crippen molar-refractivity contribution in [1.29, 1.82) is 0 Å². The van der Waals surface area contributed by atoms with Crippen LogP contribution in [0, 0.1) is 5.92 Å². The fourth-order valence-electron chi connectivity index (χ4n) is 4.55. The van der Waals surface area contributed by atoms with Gasteiger partial charge in [0.2, 0.25) is 0 Å². The van der Waals surface area contributed by atoms with Crippen LogP contribution in [0.2, 0.25) is 0 Å². The summed E-state index contributed by atoms with van der Waals surface area (Å²) < 4.78 is 0. The summed E-state index contributed by atoms with van der Waals surface area (Å²) in [6.07, 6.45) is 11.7. The minimum atomic E-state index is -0.470. The highest BCUT2D eigenvalue weighted by Crippen LogP contribution is 2.47. The summed E-state index contributed by atoms with van der Waals surface area (Å²) in [5.74, 6) is 0.153. The molecule has 2 aromatic rings. The Morgan fingerprint density at radius 2 is 1.92 bits per heavy atom. The molecule has 1 aromatic carbocycles. The molecular formula is C20H23N3O. The van der Waals surface area contributed by atoms with E-state index in [1.807, 2.05) is 0 Å². The Balaban J connectivity index is 1.80. The van der Waals surface area contributed by atoms with Gasteiger partial charge in [-0.1, -0.05) is 61.7 Å². The molecule has 0 aliphatic heterocycles. The highest BCUT2D eigenvalue weighted by atomic mass is 16.1. The van der Waals surface area contributed by atoms with Crippen molar-refractivity contribution in [2.45, 2.75) is 43.9 Å². The third-order valence-electron chi connectivity index (χ3n) is 5.78. The Kier molecular flexibility index (Phi) is 3.75. The van der Waals surface area contributed by atoms with Crippen molar-refractivity contribution in [1.82, 2.24) is 10.2 Å². The van der Waals surface area contributed by atoms with Crippen molar-refractivity contribution < 1.29 is 4.79 Å². The first-order valence-electron chi connectivity index (χ1n) is 8.82. The van der Waals surface area contributed by atoms with Crippen LogP contribution in [0.3, 0.4) is 0 Å². The number of allylic oxidation sites excluding steroid dienone is 1. The summed E-state index contributed by atoms with van der Waals surface area (Å²) in [7, 11) is 0. The van der Waals surface area contributed by atoms with Gasteiger partial charge in [0, 0.05) is 23.1 Å². The quantitative estimate of drug-likeness (QED) is 0.906. The second kappa shape index (κ2) is 5.93. The predicted molar refractivity (Wildman–Crippen MR) is 94.5 cm³/mol. The van der Waals surface area contributed by atoms with Crippen LogP contribution in [0.1, 0.15) is 59.4 Å². The minimum Gasteiger partial charge on any atom is -0.364 e. The number of nitrogens with one attached hydrogen (secondary N) is 1. The van der Waals surface area contributed by atoms with Crippen molar-refractivity contribution in [3.8, 4) is 0 Å². The zero-order valence-electron chi connectivity index (χ0n) is 13.8. The maximum absolute atomic E-state index is 11.6. The van der Waals surface area contributed by atoms with Crippen molar-refractivity contribution in [3.63, 3.8) is 0 Å². The molecule has 1 aromatic heterocycles. The smallest absolute Gasteiger partial charge is 0.269 e. The lowest BCUT2D eigenvalue weighted by molar-refractivity contribution is 0.0995. The first kappa shape index (κ1) is 15.2. The summed E-state index contributed by atoms with van der Waals surface area (Å²) in [5, 5.41) is 7.22. The van der Waals surface area contributed by atoms with Crippen LogP contribution in [-0.2, 0) is 11.8 Å². The van der Waals surface area contributed by atoms with Crippen LogP contribution in [0.5, 0.6) is 0 Å². The number of nitrogens with zero attached hydrogens (tertiary/aromatic N) is 1. The number of carbonyl (C=O) groups is 1. The average molecular weight is 321 g/mol. The molecule has 0 saturated heterocycles. The molecule has 0 spiro atoms. The molecule has 1 unspecified atom stereocenters. The Morgan fingerprint density at radius 3 is 2.62 bits per heavy atom. The van der Waals surface area contributed by atoms with Crippen molar-refractivity contribution >= 4 is 12.0 Å². The number of primary amides is 1. The van der Waals surface area contributed by atoms with Crippen molar-refractivity contribution in [2.75, 3.05) is 0 Å². The molecule has 3 N–H and O–H groups in total. The first-order valence-corrected chi connectivity index (χ1v) is 8.82. The molecule has 0 bridgehead atoms. The number of aromatic amines is 1. The van der Waals surface area contributed by atoms with E-state index in [-0.39, 0.29) is 5.41 Å². The molecule has 1 fully saturated rings. The van der Waals surface area contributed by atoms with Gasteiger partial charge in [-0.3, -0.25) is 9.89 Å². The molecule has 1 amide bonds. The van der Waals surface area contributed by atoms with E-state index < -0.39 is 5.91 Å². The Labute approximate surface area is 142 Å². The SMILES string of the molecule is NC(=O)c1n[nH]c2c1C=CC(c1ccccc1)(C1CCCCC1)C2. The van der Waals surface area contributed by atoms with Gasteiger partial charge in [-0.15, -0.1) is 0 Å². The maximum Gasteiger partial charge on any atom is 0.269 e. The number of hydrogen-bond donors (Lipinski definition) is 2. The lowest BCUT2D eigenvalue weighted by atomic mass is 9.61. The maximum atomic E-state index is 11.6. The van der Waals surface area contributed by atoms with Crippen LogP contribution in [0.15, 0.2) is 36.4 Å². The summed E-state index contributed by atoms with van der Waals surface area (Å²) >= 11 is 0. The van der Waals surface area contributed by atoms with E-state index in [4.69, 9.17) is 5.73 Å².